The summed E-state index contributed by atoms with van der Waals surface area (Å²) in [5.41, 5.74) is 6.12. The predicted molar refractivity (Wildman–Crippen MR) is 76.3 cm³/mol. The van der Waals surface area contributed by atoms with Crippen LogP contribution in [0.25, 0.3) is 0 Å². The summed E-state index contributed by atoms with van der Waals surface area (Å²) in [6.45, 7) is 4.00. The van der Waals surface area contributed by atoms with Crippen LogP contribution in [-0.2, 0) is 0 Å². The fourth-order valence-corrected chi connectivity index (χ4v) is 1.75. The van der Waals surface area contributed by atoms with Crippen LogP contribution in [0.15, 0.2) is 40.9 Å². The van der Waals surface area contributed by atoms with Gasteiger partial charge in [0.25, 0.3) is 0 Å². The fourth-order valence-electron chi connectivity index (χ4n) is 1.28. The van der Waals surface area contributed by atoms with Gasteiger partial charge in [0.15, 0.2) is 11.6 Å². The highest BCUT2D eigenvalue weighted by atomic mass is 79.9. The Bertz CT molecular complexity index is 512. The Morgan fingerprint density at radius 1 is 1.00 bits per heavy atom. The van der Waals surface area contributed by atoms with Gasteiger partial charge < -0.3 is 10.5 Å². The summed E-state index contributed by atoms with van der Waals surface area (Å²) >= 11 is 3.24. The number of benzene rings is 2. The molecule has 102 valence electrons. The molecule has 0 amide bonds. The number of ether oxygens (including phenoxy) is 1. The summed E-state index contributed by atoms with van der Waals surface area (Å²) in [6, 6.07) is 7.98. The van der Waals surface area contributed by atoms with Gasteiger partial charge in [0.2, 0.25) is 0 Å². The maximum atomic E-state index is 13.3. The first kappa shape index (κ1) is 15.4. The molecule has 0 heterocycles. The van der Waals surface area contributed by atoms with Crippen LogP contribution >= 0.6 is 15.9 Å². The minimum absolute atomic E-state index is 0.0446. The van der Waals surface area contributed by atoms with Gasteiger partial charge in [-0.1, -0.05) is 13.8 Å². The normalized spacial score (nSPS) is 9.53. The molecule has 2 rings (SSSR count). The summed E-state index contributed by atoms with van der Waals surface area (Å²) < 4.78 is 31.9. The fraction of sp³-hybridized carbons (Fsp3) is 0.143. The Kier molecular flexibility index (Phi) is 5.76. The molecule has 2 N–H and O–H groups in total. The van der Waals surface area contributed by atoms with E-state index in [1.165, 1.54) is 6.07 Å². The molecular weight excluding hydrogens is 316 g/mol. The molecule has 0 aliphatic heterocycles. The van der Waals surface area contributed by atoms with Crippen molar-refractivity contribution in [2.45, 2.75) is 13.8 Å². The van der Waals surface area contributed by atoms with Gasteiger partial charge in [0, 0.05) is 11.8 Å². The number of nitrogens with two attached hydrogens (primary N) is 1. The molecule has 19 heavy (non-hydrogen) atoms. The number of halogens is 3. The number of rotatable bonds is 2. The van der Waals surface area contributed by atoms with E-state index in [0.717, 1.165) is 12.1 Å². The Hall–Kier alpha value is -1.62. The molecule has 0 aromatic heterocycles. The molecule has 2 nitrogen and oxygen atoms in total. The van der Waals surface area contributed by atoms with Crippen molar-refractivity contribution in [2.75, 3.05) is 5.73 Å². The smallest absolute Gasteiger partial charge is 0.168 e. The molecule has 0 radical (unpaired) electrons. The molecule has 0 spiro atoms. The van der Waals surface area contributed by atoms with E-state index in [2.05, 4.69) is 15.9 Å². The van der Waals surface area contributed by atoms with E-state index in [0.29, 0.717) is 15.9 Å². The monoisotopic (exact) mass is 329 g/mol. The van der Waals surface area contributed by atoms with E-state index in [1.807, 2.05) is 13.8 Å². The van der Waals surface area contributed by atoms with E-state index in [1.54, 1.807) is 18.2 Å². The van der Waals surface area contributed by atoms with Gasteiger partial charge in [0.1, 0.15) is 11.6 Å². The maximum absolute atomic E-state index is 13.3. The van der Waals surface area contributed by atoms with Crippen molar-refractivity contribution in [1.82, 2.24) is 0 Å². The zero-order chi connectivity index (χ0) is 14.4. The lowest BCUT2D eigenvalue weighted by molar-refractivity contribution is 0.435. The topological polar surface area (TPSA) is 35.2 Å². The average Bonchev–Trinajstić information content (AvgIpc) is 2.38. The first-order valence-corrected chi connectivity index (χ1v) is 6.53. The molecule has 0 aliphatic rings. The number of hydrogen-bond acceptors (Lipinski definition) is 2. The highest BCUT2D eigenvalue weighted by Gasteiger charge is 2.08. The lowest BCUT2D eigenvalue weighted by Crippen LogP contribution is -1.91. The average molecular weight is 330 g/mol. The molecule has 0 atom stereocenters. The van der Waals surface area contributed by atoms with Gasteiger partial charge in [-0.3, -0.25) is 0 Å². The first-order chi connectivity index (χ1) is 9.06. The molecule has 0 unspecified atom stereocenters. The highest BCUT2D eigenvalue weighted by molar-refractivity contribution is 9.10. The zero-order valence-corrected chi connectivity index (χ0v) is 12.2. The van der Waals surface area contributed by atoms with Crippen molar-refractivity contribution in [1.29, 1.82) is 0 Å². The Morgan fingerprint density at radius 3 is 2.21 bits per heavy atom. The Labute approximate surface area is 119 Å². The van der Waals surface area contributed by atoms with E-state index in [9.17, 15) is 8.78 Å². The summed E-state index contributed by atoms with van der Waals surface area (Å²) in [5.74, 6) is -1.04. The SMILES string of the molecule is CC.Nc1ccc(Oc2ccc(F)cc2F)c(Br)c1. The van der Waals surface area contributed by atoms with Gasteiger partial charge in [-0.2, -0.15) is 0 Å². The zero-order valence-electron chi connectivity index (χ0n) is 10.6. The van der Waals surface area contributed by atoms with Crippen molar-refractivity contribution in [3.8, 4) is 11.5 Å². The third kappa shape index (κ3) is 4.21. The van der Waals surface area contributed by atoms with Crippen LogP contribution in [0, 0.1) is 11.6 Å². The van der Waals surface area contributed by atoms with Gasteiger partial charge >= 0.3 is 0 Å². The van der Waals surface area contributed by atoms with Crippen molar-refractivity contribution in [3.63, 3.8) is 0 Å². The second-order valence-corrected chi connectivity index (χ2v) is 4.22. The lowest BCUT2D eigenvalue weighted by atomic mass is 10.3. The van der Waals surface area contributed by atoms with Crippen LogP contribution in [0.5, 0.6) is 11.5 Å². The van der Waals surface area contributed by atoms with Crippen LogP contribution in [0.1, 0.15) is 13.8 Å². The van der Waals surface area contributed by atoms with Crippen LogP contribution in [0.4, 0.5) is 14.5 Å². The van der Waals surface area contributed by atoms with E-state index < -0.39 is 11.6 Å². The minimum atomic E-state index is -0.756. The van der Waals surface area contributed by atoms with Crippen LogP contribution in [0.3, 0.4) is 0 Å². The first-order valence-electron chi connectivity index (χ1n) is 5.74. The van der Waals surface area contributed by atoms with Crippen molar-refractivity contribution >= 4 is 21.6 Å². The molecule has 0 saturated carbocycles. The van der Waals surface area contributed by atoms with Gasteiger partial charge in [-0.05, 0) is 46.3 Å². The van der Waals surface area contributed by atoms with Crippen LogP contribution in [0.2, 0.25) is 0 Å². The van der Waals surface area contributed by atoms with Crippen molar-refractivity contribution < 1.29 is 13.5 Å². The molecule has 5 heteroatoms. The largest absolute Gasteiger partial charge is 0.453 e. The van der Waals surface area contributed by atoms with Crippen LogP contribution in [-0.4, -0.2) is 0 Å². The molecule has 2 aromatic rings. The quantitative estimate of drug-likeness (QED) is 0.775. The summed E-state index contributed by atoms with van der Waals surface area (Å²) in [7, 11) is 0. The standard InChI is InChI=1S/C12H8BrF2NO.C2H6/c13-9-6-8(16)2-4-11(9)17-12-3-1-7(14)5-10(12)15;1-2/h1-6H,16H2;1-2H3. The van der Waals surface area contributed by atoms with Crippen LogP contribution < -0.4 is 10.5 Å². The second-order valence-electron chi connectivity index (χ2n) is 3.37. The van der Waals surface area contributed by atoms with E-state index >= 15 is 0 Å². The molecule has 2 aromatic carbocycles. The number of hydrogen-bond donors (Lipinski definition) is 1. The molecule has 0 saturated heterocycles. The van der Waals surface area contributed by atoms with E-state index in [-0.39, 0.29) is 5.75 Å². The highest BCUT2D eigenvalue weighted by Crippen LogP contribution is 2.32. The second kappa shape index (κ2) is 7.09. The van der Waals surface area contributed by atoms with E-state index in [4.69, 9.17) is 10.5 Å². The third-order valence-corrected chi connectivity index (χ3v) is 2.69. The van der Waals surface area contributed by atoms with Crippen molar-refractivity contribution in [2.24, 2.45) is 0 Å². The minimum Gasteiger partial charge on any atom is -0.453 e. The maximum Gasteiger partial charge on any atom is 0.168 e. The Morgan fingerprint density at radius 2 is 1.63 bits per heavy atom. The van der Waals surface area contributed by atoms with Gasteiger partial charge in [0.05, 0.1) is 4.47 Å². The molecule has 0 aliphatic carbocycles. The summed E-state index contributed by atoms with van der Waals surface area (Å²) in [4.78, 5) is 0. The Balaban J connectivity index is 0.000000861. The predicted octanol–water partition coefficient (Wildman–Crippen LogP) is 5.13. The molecular formula is C14H14BrF2NO. The van der Waals surface area contributed by atoms with Gasteiger partial charge in [-0.15, -0.1) is 0 Å². The lowest BCUT2D eigenvalue weighted by Gasteiger charge is -2.09. The third-order valence-electron chi connectivity index (χ3n) is 2.07. The number of nitrogen functional groups attached to an aromatic ring is 1. The number of anilines is 1. The van der Waals surface area contributed by atoms with Crippen molar-refractivity contribution in [3.05, 3.63) is 52.5 Å². The van der Waals surface area contributed by atoms with Gasteiger partial charge in [-0.25, -0.2) is 8.78 Å². The summed E-state index contributed by atoms with van der Waals surface area (Å²) in [6.07, 6.45) is 0. The summed E-state index contributed by atoms with van der Waals surface area (Å²) in [5, 5.41) is 0. The molecule has 0 fully saturated rings. The molecule has 0 bridgehead atoms.